The van der Waals surface area contributed by atoms with Crippen molar-refractivity contribution in [3.63, 3.8) is 0 Å². The maximum Gasteiger partial charge on any atom is 0.346 e. The standard InChI is InChI=1S/C7H4ClN3O5/c8-7(9-12)4-1-2-5(10(13)14)6(3-4)11(15)16/h1-3,12H/b9-7-. The molecule has 0 aliphatic carbocycles. The summed E-state index contributed by atoms with van der Waals surface area (Å²) in [6, 6.07) is 2.92. The van der Waals surface area contributed by atoms with Crippen molar-refractivity contribution in [1.29, 1.82) is 0 Å². The van der Waals surface area contributed by atoms with Crippen LogP contribution in [0.25, 0.3) is 0 Å². The SMILES string of the molecule is O=[N+]([O-])c1ccc(/C(Cl)=N/O)cc1[N+](=O)[O-]. The second-order valence-electron chi connectivity index (χ2n) is 2.61. The molecule has 1 rings (SSSR count). The monoisotopic (exact) mass is 245 g/mol. The number of hydrogen-bond donors (Lipinski definition) is 1. The average Bonchev–Trinajstić information content (AvgIpc) is 2.26. The summed E-state index contributed by atoms with van der Waals surface area (Å²) in [4.78, 5) is 19.2. The predicted molar refractivity (Wildman–Crippen MR) is 53.9 cm³/mol. The van der Waals surface area contributed by atoms with E-state index in [0.717, 1.165) is 18.2 Å². The lowest BCUT2D eigenvalue weighted by Gasteiger charge is -1.98. The van der Waals surface area contributed by atoms with Crippen molar-refractivity contribution < 1.29 is 15.1 Å². The lowest BCUT2D eigenvalue weighted by atomic mass is 10.2. The van der Waals surface area contributed by atoms with Crippen LogP contribution in [-0.2, 0) is 0 Å². The normalized spacial score (nSPS) is 11.2. The van der Waals surface area contributed by atoms with Crippen LogP contribution in [0.15, 0.2) is 23.4 Å². The molecule has 0 atom stereocenters. The minimum absolute atomic E-state index is 0.0152. The third-order valence-electron chi connectivity index (χ3n) is 1.69. The lowest BCUT2D eigenvalue weighted by molar-refractivity contribution is -0.422. The Balaban J connectivity index is 3.40. The Labute approximate surface area is 93.0 Å². The zero-order chi connectivity index (χ0) is 12.3. The number of benzene rings is 1. The molecule has 0 radical (unpaired) electrons. The van der Waals surface area contributed by atoms with Gasteiger partial charge in [-0.25, -0.2) is 0 Å². The van der Waals surface area contributed by atoms with Gasteiger partial charge in [-0.15, -0.1) is 0 Å². The van der Waals surface area contributed by atoms with Gasteiger partial charge >= 0.3 is 11.4 Å². The Bertz CT molecular complexity index is 487. The molecule has 16 heavy (non-hydrogen) atoms. The van der Waals surface area contributed by atoms with Crippen LogP contribution >= 0.6 is 11.6 Å². The van der Waals surface area contributed by atoms with E-state index in [0.29, 0.717) is 0 Å². The fourth-order valence-electron chi connectivity index (χ4n) is 1.01. The molecule has 0 aliphatic rings. The van der Waals surface area contributed by atoms with Gasteiger partial charge < -0.3 is 5.21 Å². The highest BCUT2D eigenvalue weighted by molar-refractivity contribution is 6.69. The van der Waals surface area contributed by atoms with Crippen LogP contribution in [0.2, 0.25) is 0 Å². The Kier molecular flexibility index (Phi) is 3.36. The van der Waals surface area contributed by atoms with E-state index < -0.39 is 26.4 Å². The molecule has 0 saturated carbocycles. The summed E-state index contributed by atoms with van der Waals surface area (Å²) in [5, 5.41) is 31.6. The molecule has 9 heteroatoms. The second kappa shape index (κ2) is 4.53. The number of nitro benzene ring substituents is 2. The molecule has 0 spiro atoms. The van der Waals surface area contributed by atoms with E-state index in [1.807, 2.05) is 0 Å². The smallest absolute Gasteiger partial charge is 0.346 e. The summed E-state index contributed by atoms with van der Waals surface area (Å²) in [6.45, 7) is 0. The van der Waals surface area contributed by atoms with Gasteiger partial charge in [0.1, 0.15) is 0 Å². The van der Waals surface area contributed by atoms with Gasteiger partial charge in [0.05, 0.1) is 9.85 Å². The van der Waals surface area contributed by atoms with E-state index in [-0.39, 0.29) is 5.56 Å². The zero-order valence-corrected chi connectivity index (χ0v) is 8.29. The van der Waals surface area contributed by atoms with Crippen molar-refractivity contribution in [2.45, 2.75) is 0 Å². The average molecular weight is 246 g/mol. The summed E-state index contributed by atoms with van der Waals surface area (Å²) in [5.41, 5.74) is -1.36. The highest BCUT2D eigenvalue weighted by Gasteiger charge is 2.24. The second-order valence-corrected chi connectivity index (χ2v) is 2.97. The molecule has 0 amide bonds. The predicted octanol–water partition coefficient (Wildman–Crippen LogP) is 1.88. The first-order chi connectivity index (χ1) is 7.47. The van der Waals surface area contributed by atoms with Gasteiger partial charge in [0.15, 0.2) is 5.17 Å². The van der Waals surface area contributed by atoms with Crippen molar-refractivity contribution in [3.8, 4) is 0 Å². The number of nitro groups is 2. The van der Waals surface area contributed by atoms with Crippen LogP contribution in [0.1, 0.15) is 5.56 Å². The lowest BCUT2D eigenvalue weighted by Crippen LogP contribution is -1.99. The molecule has 84 valence electrons. The molecule has 1 N–H and O–H groups in total. The van der Waals surface area contributed by atoms with Gasteiger partial charge in [0.2, 0.25) is 0 Å². The molecule has 0 bridgehead atoms. The third-order valence-corrected chi connectivity index (χ3v) is 1.99. The molecule has 0 aliphatic heterocycles. The van der Waals surface area contributed by atoms with Crippen LogP contribution in [0.3, 0.4) is 0 Å². The summed E-state index contributed by atoms with van der Waals surface area (Å²) in [6.07, 6.45) is 0. The fraction of sp³-hybridized carbons (Fsp3) is 0. The van der Waals surface area contributed by atoms with Crippen molar-refractivity contribution in [2.24, 2.45) is 5.16 Å². The highest BCUT2D eigenvalue weighted by Crippen LogP contribution is 2.28. The Morgan fingerprint density at radius 2 is 1.81 bits per heavy atom. The largest absolute Gasteiger partial charge is 0.410 e. The minimum atomic E-state index is -0.914. The van der Waals surface area contributed by atoms with Gasteiger partial charge in [-0.2, -0.15) is 0 Å². The first-order valence-electron chi connectivity index (χ1n) is 3.78. The highest BCUT2D eigenvalue weighted by atomic mass is 35.5. The van der Waals surface area contributed by atoms with Crippen LogP contribution in [0.5, 0.6) is 0 Å². The Morgan fingerprint density at radius 3 is 2.25 bits per heavy atom. The van der Waals surface area contributed by atoms with Crippen LogP contribution in [0.4, 0.5) is 11.4 Å². The number of oxime groups is 1. The molecule has 1 aromatic carbocycles. The zero-order valence-electron chi connectivity index (χ0n) is 7.53. The van der Waals surface area contributed by atoms with E-state index in [1.54, 1.807) is 0 Å². The topological polar surface area (TPSA) is 119 Å². The minimum Gasteiger partial charge on any atom is -0.410 e. The van der Waals surface area contributed by atoms with E-state index in [4.69, 9.17) is 16.8 Å². The molecular weight excluding hydrogens is 242 g/mol. The quantitative estimate of drug-likeness (QED) is 0.377. The summed E-state index contributed by atoms with van der Waals surface area (Å²) < 4.78 is 0. The van der Waals surface area contributed by atoms with Gasteiger partial charge in [-0.05, 0) is 6.07 Å². The maximum atomic E-state index is 10.5. The molecule has 0 saturated heterocycles. The molecule has 0 heterocycles. The van der Waals surface area contributed by atoms with Crippen molar-refractivity contribution in [2.75, 3.05) is 0 Å². The molecule has 1 aromatic rings. The number of halogens is 1. The summed E-state index contributed by atoms with van der Waals surface area (Å²) >= 11 is 5.41. The van der Waals surface area contributed by atoms with Gasteiger partial charge in [-0.1, -0.05) is 16.8 Å². The van der Waals surface area contributed by atoms with E-state index in [2.05, 4.69) is 5.16 Å². The molecule has 0 fully saturated rings. The van der Waals surface area contributed by atoms with E-state index >= 15 is 0 Å². The van der Waals surface area contributed by atoms with Crippen molar-refractivity contribution >= 4 is 28.1 Å². The number of nitrogens with zero attached hydrogens (tertiary/aromatic N) is 3. The van der Waals surface area contributed by atoms with E-state index in [9.17, 15) is 20.2 Å². The van der Waals surface area contributed by atoms with Crippen molar-refractivity contribution in [1.82, 2.24) is 0 Å². The van der Waals surface area contributed by atoms with Crippen LogP contribution in [0, 0.1) is 20.2 Å². The summed E-state index contributed by atoms with van der Waals surface area (Å²) in [5.74, 6) is 0. The van der Waals surface area contributed by atoms with Gasteiger partial charge in [0, 0.05) is 17.7 Å². The Morgan fingerprint density at radius 1 is 1.25 bits per heavy atom. The summed E-state index contributed by atoms with van der Waals surface area (Å²) in [7, 11) is 0. The third kappa shape index (κ3) is 2.23. The molecule has 0 unspecified atom stereocenters. The molecular formula is C7H4ClN3O5. The van der Waals surface area contributed by atoms with Crippen LogP contribution in [-0.4, -0.2) is 20.2 Å². The Hall–Kier alpha value is -2.22. The first kappa shape index (κ1) is 11.9. The molecule has 8 nitrogen and oxygen atoms in total. The number of rotatable bonds is 3. The number of hydrogen-bond acceptors (Lipinski definition) is 6. The van der Waals surface area contributed by atoms with Crippen LogP contribution < -0.4 is 0 Å². The maximum absolute atomic E-state index is 10.5. The van der Waals surface area contributed by atoms with E-state index in [1.165, 1.54) is 0 Å². The van der Waals surface area contributed by atoms with Gasteiger partial charge in [0.25, 0.3) is 0 Å². The van der Waals surface area contributed by atoms with Crippen molar-refractivity contribution in [3.05, 3.63) is 44.0 Å². The van der Waals surface area contributed by atoms with Gasteiger partial charge in [-0.3, -0.25) is 20.2 Å². The fourth-order valence-corrected chi connectivity index (χ4v) is 1.13. The molecule has 0 aromatic heterocycles. The first-order valence-corrected chi connectivity index (χ1v) is 4.16.